The fourth-order valence-electron chi connectivity index (χ4n) is 2.03. The Morgan fingerprint density at radius 3 is 2.52 bits per heavy atom. The second-order valence-corrected chi connectivity index (χ2v) is 5.98. The van der Waals surface area contributed by atoms with Crippen LogP contribution in [0.15, 0.2) is 53.6 Å². The smallest absolute Gasteiger partial charge is 0.249 e. The number of benzene rings is 2. The Balaban J connectivity index is 1.71. The summed E-state index contributed by atoms with van der Waals surface area (Å²) in [6, 6.07) is 14.9. The molecular formula is C18H17Cl2N3O2. The molecule has 0 saturated heterocycles. The van der Waals surface area contributed by atoms with E-state index in [4.69, 9.17) is 23.2 Å². The highest BCUT2D eigenvalue weighted by Crippen LogP contribution is 2.23. The van der Waals surface area contributed by atoms with Gasteiger partial charge in [0.15, 0.2) is 0 Å². The summed E-state index contributed by atoms with van der Waals surface area (Å²) in [6.07, 6.45) is 1.79. The van der Waals surface area contributed by atoms with E-state index in [2.05, 4.69) is 15.8 Å². The van der Waals surface area contributed by atoms with Crippen molar-refractivity contribution in [3.8, 4) is 0 Å². The lowest BCUT2D eigenvalue weighted by Crippen LogP contribution is -2.31. The van der Waals surface area contributed by atoms with Gasteiger partial charge in [-0.1, -0.05) is 65.7 Å². The van der Waals surface area contributed by atoms with E-state index in [1.165, 1.54) is 6.21 Å². The summed E-state index contributed by atoms with van der Waals surface area (Å²) in [7, 11) is 0. The largest absolute Gasteiger partial charge is 0.355 e. The van der Waals surface area contributed by atoms with Crippen LogP contribution in [0.1, 0.15) is 17.5 Å². The van der Waals surface area contributed by atoms with Gasteiger partial charge < -0.3 is 5.32 Å². The van der Waals surface area contributed by atoms with Crippen molar-refractivity contribution >= 4 is 41.2 Å². The molecule has 2 aromatic rings. The highest BCUT2D eigenvalue weighted by Gasteiger charge is 2.08. The maximum Gasteiger partial charge on any atom is 0.249 e. The van der Waals surface area contributed by atoms with E-state index in [9.17, 15) is 9.59 Å². The van der Waals surface area contributed by atoms with Gasteiger partial charge in [-0.2, -0.15) is 5.10 Å². The van der Waals surface area contributed by atoms with E-state index in [1.807, 2.05) is 30.3 Å². The summed E-state index contributed by atoms with van der Waals surface area (Å²) < 4.78 is 0. The van der Waals surface area contributed by atoms with E-state index in [-0.39, 0.29) is 12.3 Å². The van der Waals surface area contributed by atoms with Crippen molar-refractivity contribution in [3.63, 3.8) is 0 Å². The van der Waals surface area contributed by atoms with Crippen molar-refractivity contribution in [2.45, 2.75) is 12.8 Å². The van der Waals surface area contributed by atoms with Gasteiger partial charge in [-0.05, 0) is 18.1 Å². The van der Waals surface area contributed by atoms with Gasteiger partial charge in [0.1, 0.15) is 6.42 Å². The van der Waals surface area contributed by atoms with Crippen LogP contribution in [0.25, 0.3) is 0 Å². The van der Waals surface area contributed by atoms with E-state index in [0.29, 0.717) is 28.6 Å². The summed E-state index contributed by atoms with van der Waals surface area (Å²) in [5.74, 6) is -0.865. The predicted octanol–water partition coefficient (Wildman–Crippen LogP) is 3.19. The molecule has 0 aliphatic heterocycles. The predicted molar refractivity (Wildman–Crippen MR) is 100.0 cm³/mol. The highest BCUT2D eigenvalue weighted by molar-refractivity contribution is 6.43. The van der Waals surface area contributed by atoms with E-state index < -0.39 is 5.91 Å². The fraction of sp³-hybridized carbons (Fsp3) is 0.167. The lowest BCUT2D eigenvalue weighted by molar-refractivity contribution is -0.129. The number of amides is 2. The lowest BCUT2D eigenvalue weighted by Gasteiger charge is -2.05. The van der Waals surface area contributed by atoms with E-state index in [1.54, 1.807) is 18.2 Å². The number of nitrogens with one attached hydrogen (secondary N) is 2. The van der Waals surface area contributed by atoms with E-state index >= 15 is 0 Å². The van der Waals surface area contributed by atoms with Crippen LogP contribution in [0.4, 0.5) is 0 Å². The zero-order chi connectivity index (χ0) is 18.1. The van der Waals surface area contributed by atoms with Gasteiger partial charge in [-0.3, -0.25) is 9.59 Å². The van der Waals surface area contributed by atoms with E-state index in [0.717, 1.165) is 5.56 Å². The number of nitrogens with zero attached hydrogens (tertiary/aromatic N) is 1. The maximum absolute atomic E-state index is 11.7. The average molecular weight is 378 g/mol. The van der Waals surface area contributed by atoms with Crippen LogP contribution >= 0.6 is 23.2 Å². The Morgan fingerprint density at radius 2 is 1.76 bits per heavy atom. The Morgan fingerprint density at radius 1 is 1.00 bits per heavy atom. The first-order valence-corrected chi connectivity index (χ1v) is 8.38. The van der Waals surface area contributed by atoms with Gasteiger partial charge in [0.25, 0.3) is 0 Å². The molecular weight excluding hydrogens is 361 g/mol. The van der Waals surface area contributed by atoms with Crippen molar-refractivity contribution in [2.75, 3.05) is 6.54 Å². The van der Waals surface area contributed by atoms with Gasteiger partial charge in [0.2, 0.25) is 11.8 Å². The zero-order valence-corrected chi connectivity index (χ0v) is 14.8. The third kappa shape index (κ3) is 6.57. The van der Waals surface area contributed by atoms with Crippen LogP contribution in [0, 0.1) is 0 Å². The van der Waals surface area contributed by atoms with Crippen LogP contribution in [-0.4, -0.2) is 24.6 Å². The summed E-state index contributed by atoms with van der Waals surface area (Å²) in [5, 5.41) is 7.22. The van der Waals surface area contributed by atoms with Crippen LogP contribution in [0.3, 0.4) is 0 Å². The summed E-state index contributed by atoms with van der Waals surface area (Å²) in [5.41, 5.74) is 3.98. The molecule has 0 radical (unpaired) electrons. The average Bonchev–Trinajstić information content (AvgIpc) is 2.59. The molecule has 0 unspecified atom stereocenters. The molecule has 0 bridgehead atoms. The number of hydrogen-bond acceptors (Lipinski definition) is 3. The first-order chi connectivity index (χ1) is 12.1. The van der Waals surface area contributed by atoms with Gasteiger partial charge in [-0.25, -0.2) is 5.43 Å². The zero-order valence-electron chi connectivity index (χ0n) is 13.3. The Hall–Kier alpha value is -2.37. The van der Waals surface area contributed by atoms with Gasteiger partial charge in [0.05, 0.1) is 16.3 Å². The maximum atomic E-state index is 11.7. The highest BCUT2D eigenvalue weighted by atomic mass is 35.5. The Labute approximate surface area is 156 Å². The van der Waals surface area contributed by atoms with Crippen molar-refractivity contribution in [1.29, 1.82) is 0 Å². The van der Waals surface area contributed by atoms with Gasteiger partial charge in [-0.15, -0.1) is 0 Å². The molecule has 7 heteroatoms. The number of halogens is 2. The molecule has 0 aliphatic carbocycles. The molecule has 2 N–H and O–H groups in total. The molecule has 0 spiro atoms. The minimum atomic E-state index is -0.508. The molecule has 0 fully saturated rings. The molecule has 0 saturated carbocycles. The van der Waals surface area contributed by atoms with Gasteiger partial charge in [0, 0.05) is 12.1 Å². The quantitative estimate of drug-likeness (QED) is 0.441. The van der Waals surface area contributed by atoms with Crippen molar-refractivity contribution in [1.82, 2.24) is 10.7 Å². The second kappa shape index (κ2) is 9.81. The summed E-state index contributed by atoms with van der Waals surface area (Å²) >= 11 is 11.9. The number of rotatable bonds is 7. The number of hydrogen-bond donors (Lipinski definition) is 2. The topological polar surface area (TPSA) is 70.6 Å². The van der Waals surface area contributed by atoms with Crippen molar-refractivity contribution in [2.24, 2.45) is 5.10 Å². The third-order valence-electron chi connectivity index (χ3n) is 3.27. The van der Waals surface area contributed by atoms with Crippen molar-refractivity contribution < 1.29 is 9.59 Å². The lowest BCUT2D eigenvalue weighted by atomic mass is 10.1. The normalized spacial score (nSPS) is 10.6. The third-order valence-corrected chi connectivity index (χ3v) is 4.11. The minimum Gasteiger partial charge on any atom is -0.355 e. The van der Waals surface area contributed by atoms with Crippen LogP contribution < -0.4 is 10.7 Å². The molecule has 0 heterocycles. The summed E-state index contributed by atoms with van der Waals surface area (Å²) in [6.45, 7) is 0.470. The molecule has 2 aromatic carbocycles. The molecule has 2 amide bonds. The fourth-order valence-corrected chi connectivity index (χ4v) is 2.39. The number of carbonyl (C=O) groups excluding carboxylic acids is 2. The molecule has 25 heavy (non-hydrogen) atoms. The second-order valence-electron chi connectivity index (χ2n) is 5.20. The first kappa shape index (κ1) is 19.0. The molecule has 0 atom stereocenters. The molecule has 130 valence electrons. The molecule has 2 rings (SSSR count). The van der Waals surface area contributed by atoms with Crippen molar-refractivity contribution in [3.05, 3.63) is 69.7 Å². The van der Waals surface area contributed by atoms with Gasteiger partial charge >= 0.3 is 0 Å². The molecule has 0 aromatic heterocycles. The Bertz CT molecular complexity index is 764. The molecule has 5 nitrogen and oxygen atoms in total. The number of carbonyl (C=O) groups is 2. The minimum absolute atomic E-state index is 0.296. The summed E-state index contributed by atoms with van der Waals surface area (Å²) in [4.78, 5) is 23.4. The Kier molecular flexibility index (Phi) is 7.44. The molecule has 0 aliphatic rings. The monoisotopic (exact) mass is 377 g/mol. The van der Waals surface area contributed by atoms with Crippen LogP contribution in [0.2, 0.25) is 10.0 Å². The first-order valence-electron chi connectivity index (χ1n) is 7.63. The number of hydrazone groups is 1. The van der Waals surface area contributed by atoms with Crippen LogP contribution in [-0.2, 0) is 16.0 Å². The SMILES string of the molecule is O=C(CC(=O)N/N=C/c1cccc(Cl)c1Cl)NCCc1ccccc1. The van der Waals surface area contributed by atoms with Crippen LogP contribution in [0.5, 0.6) is 0 Å². The standard InChI is InChI=1S/C18H17Cl2N3O2/c19-15-8-4-7-14(18(15)20)12-22-23-17(25)11-16(24)21-10-9-13-5-2-1-3-6-13/h1-8,12H,9-11H2,(H,21,24)(H,23,25)/b22-12+.